The van der Waals surface area contributed by atoms with Gasteiger partial charge in [0, 0.05) is 10.5 Å². The Kier molecular flexibility index (Phi) is 9.98. The Morgan fingerprint density at radius 3 is 2.24 bits per heavy atom. The molecule has 0 fully saturated rings. The first-order chi connectivity index (χ1) is 10.2. The zero-order valence-corrected chi connectivity index (χ0v) is 15.2. The van der Waals surface area contributed by atoms with Crippen LogP contribution in [0.25, 0.3) is 0 Å². The van der Waals surface area contributed by atoms with Crippen molar-refractivity contribution in [3.63, 3.8) is 0 Å². The maximum atomic E-state index is 5.75. The molecule has 1 rings (SSSR count). The van der Waals surface area contributed by atoms with Crippen molar-refractivity contribution in [2.45, 2.75) is 77.7 Å². The normalized spacial score (nSPS) is 12.6. The molecule has 0 amide bonds. The second kappa shape index (κ2) is 11.2. The Balaban J connectivity index is 2.25. The fourth-order valence-corrected chi connectivity index (χ4v) is 3.32. The Morgan fingerprint density at radius 2 is 1.67 bits per heavy atom. The van der Waals surface area contributed by atoms with Gasteiger partial charge in [0.1, 0.15) is 0 Å². The van der Waals surface area contributed by atoms with Crippen molar-refractivity contribution < 1.29 is 0 Å². The molecule has 1 atom stereocenters. The summed E-state index contributed by atoms with van der Waals surface area (Å²) >= 11 is 3.51. The third-order valence-corrected chi connectivity index (χ3v) is 4.65. The van der Waals surface area contributed by atoms with Crippen molar-refractivity contribution in [2.24, 2.45) is 5.84 Å². The molecule has 0 saturated carbocycles. The number of aryl methyl sites for hydroxylation is 1. The fraction of sp³-hybridized carbons (Fsp3) is 0.667. The monoisotopic (exact) mass is 354 g/mol. The van der Waals surface area contributed by atoms with Crippen LogP contribution in [0.3, 0.4) is 0 Å². The van der Waals surface area contributed by atoms with Crippen molar-refractivity contribution in [2.75, 3.05) is 0 Å². The third kappa shape index (κ3) is 7.44. The number of hydrogen-bond acceptors (Lipinski definition) is 2. The van der Waals surface area contributed by atoms with E-state index in [0.717, 1.165) is 10.9 Å². The van der Waals surface area contributed by atoms with Crippen LogP contribution in [0, 0.1) is 6.92 Å². The molecule has 1 aromatic carbocycles. The summed E-state index contributed by atoms with van der Waals surface area (Å²) in [6.07, 6.45) is 12.0. The van der Waals surface area contributed by atoms with Gasteiger partial charge in [-0.1, -0.05) is 80.3 Å². The maximum Gasteiger partial charge on any atom is 0.0462 e. The summed E-state index contributed by atoms with van der Waals surface area (Å²) in [5.74, 6) is 5.75. The highest BCUT2D eigenvalue weighted by atomic mass is 79.9. The summed E-state index contributed by atoms with van der Waals surface area (Å²) in [5, 5.41) is 0. The Hall–Kier alpha value is -0.380. The molecule has 21 heavy (non-hydrogen) atoms. The highest BCUT2D eigenvalue weighted by Gasteiger charge is 2.11. The largest absolute Gasteiger partial charge is 0.271 e. The molecule has 1 unspecified atom stereocenters. The molecular formula is C18H31BrN2. The third-order valence-electron chi connectivity index (χ3n) is 4.15. The summed E-state index contributed by atoms with van der Waals surface area (Å²) in [7, 11) is 0. The summed E-state index contributed by atoms with van der Waals surface area (Å²) in [5.41, 5.74) is 5.60. The molecule has 0 heterocycles. The second-order valence-corrected chi connectivity index (χ2v) is 6.90. The van der Waals surface area contributed by atoms with Crippen LogP contribution in [0.1, 0.15) is 81.9 Å². The van der Waals surface area contributed by atoms with E-state index in [2.05, 4.69) is 53.4 Å². The Bertz CT molecular complexity index is 393. The summed E-state index contributed by atoms with van der Waals surface area (Å²) in [4.78, 5) is 0. The van der Waals surface area contributed by atoms with E-state index in [1.54, 1.807) is 0 Å². The van der Waals surface area contributed by atoms with Crippen LogP contribution < -0.4 is 11.3 Å². The van der Waals surface area contributed by atoms with Crippen LogP contribution in [-0.2, 0) is 0 Å². The van der Waals surface area contributed by atoms with Crippen LogP contribution in [0.4, 0.5) is 0 Å². The van der Waals surface area contributed by atoms with E-state index >= 15 is 0 Å². The zero-order valence-electron chi connectivity index (χ0n) is 13.6. The van der Waals surface area contributed by atoms with Gasteiger partial charge in [-0.25, -0.2) is 0 Å². The molecule has 0 radical (unpaired) electrons. The lowest BCUT2D eigenvalue weighted by atomic mass is 9.96. The number of benzene rings is 1. The van der Waals surface area contributed by atoms with E-state index < -0.39 is 0 Å². The first-order valence-electron chi connectivity index (χ1n) is 8.41. The van der Waals surface area contributed by atoms with Crippen molar-refractivity contribution in [1.82, 2.24) is 5.43 Å². The van der Waals surface area contributed by atoms with Crippen LogP contribution in [-0.4, -0.2) is 0 Å². The van der Waals surface area contributed by atoms with Gasteiger partial charge < -0.3 is 0 Å². The molecule has 0 aliphatic heterocycles. The molecule has 120 valence electrons. The molecule has 1 aromatic rings. The first-order valence-corrected chi connectivity index (χ1v) is 9.20. The predicted octanol–water partition coefficient (Wildman–Crippen LogP) is 5.79. The standard InChI is InChI=1S/C18H31BrN2/c1-3-4-5-6-7-8-9-10-11-18(21-20)17-13-12-16(19)14-15(17)2/h12-14,18,21H,3-11,20H2,1-2H3. The van der Waals surface area contributed by atoms with Gasteiger partial charge in [0.2, 0.25) is 0 Å². The number of halogens is 1. The molecule has 0 bridgehead atoms. The van der Waals surface area contributed by atoms with E-state index in [4.69, 9.17) is 5.84 Å². The smallest absolute Gasteiger partial charge is 0.0462 e. The van der Waals surface area contributed by atoms with Gasteiger partial charge in [0.15, 0.2) is 0 Å². The SMILES string of the molecule is CCCCCCCCCCC(NN)c1ccc(Br)cc1C. The van der Waals surface area contributed by atoms with E-state index in [9.17, 15) is 0 Å². The van der Waals surface area contributed by atoms with Gasteiger partial charge in [0.25, 0.3) is 0 Å². The number of nitrogens with one attached hydrogen (secondary N) is 1. The van der Waals surface area contributed by atoms with Crippen molar-refractivity contribution in [1.29, 1.82) is 0 Å². The number of unbranched alkanes of at least 4 members (excludes halogenated alkanes) is 7. The summed E-state index contributed by atoms with van der Waals surface area (Å²) in [6.45, 7) is 4.42. The number of hydrazine groups is 1. The topological polar surface area (TPSA) is 38.0 Å². The summed E-state index contributed by atoms with van der Waals surface area (Å²) in [6, 6.07) is 6.71. The Morgan fingerprint density at radius 1 is 1.05 bits per heavy atom. The first kappa shape index (κ1) is 18.7. The minimum Gasteiger partial charge on any atom is -0.271 e. The maximum absolute atomic E-state index is 5.75. The molecule has 0 spiro atoms. The highest BCUT2D eigenvalue weighted by molar-refractivity contribution is 9.10. The van der Waals surface area contributed by atoms with Gasteiger partial charge >= 0.3 is 0 Å². The molecule has 0 aliphatic carbocycles. The van der Waals surface area contributed by atoms with E-state index in [0.29, 0.717) is 0 Å². The van der Waals surface area contributed by atoms with Crippen LogP contribution in [0.5, 0.6) is 0 Å². The summed E-state index contributed by atoms with van der Waals surface area (Å²) < 4.78 is 1.13. The number of rotatable bonds is 11. The minimum absolute atomic E-state index is 0.276. The van der Waals surface area contributed by atoms with Gasteiger partial charge in [-0.05, 0) is 36.6 Å². The van der Waals surface area contributed by atoms with E-state index in [1.165, 1.54) is 62.5 Å². The average molecular weight is 355 g/mol. The highest BCUT2D eigenvalue weighted by Crippen LogP contribution is 2.25. The molecule has 2 nitrogen and oxygen atoms in total. The van der Waals surface area contributed by atoms with Crippen molar-refractivity contribution in [3.05, 3.63) is 33.8 Å². The Labute approximate surface area is 139 Å². The van der Waals surface area contributed by atoms with Gasteiger partial charge in [-0.15, -0.1) is 0 Å². The van der Waals surface area contributed by atoms with Gasteiger partial charge in [-0.2, -0.15) is 0 Å². The fourth-order valence-electron chi connectivity index (χ4n) is 2.84. The second-order valence-electron chi connectivity index (χ2n) is 5.98. The average Bonchev–Trinajstić information content (AvgIpc) is 2.47. The lowest BCUT2D eigenvalue weighted by Gasteiger charge is -2.18. The van der Waals surface area contributed by atoms with E-state index in [1.807, 2.05) is 0 Å². The van der Waals surface area contributed by atoms with Crippen LogP contribution >= 0.6 is 15.9 Å². The predicted molar refractivity (Wildman–Crippen MR) is 96.2 cm³/mol. The molecule has 3 N–H and O–H groups in total. The molecule has 0 aromatic heterocycles. The minimum atomic E-state index is 0.276. The van der Waals surface area contributed by atoms with E-state index in [-0.39, 0.29) is 6.04 Å². The van der Waals surface area contributed by atoms with Crippen molar-refractivity contribution in [3.8, 4) is 0 Å². The van der Waals surface area contributed by atoms with Crippen LogP contribution in [0.2, 0.25) is 0 Å². The van der Waals surface area contributed by atoms with Gasteiger partial charge in [-0.3, -0.25) is 11.3 Å². The van der Waals surface area contributed by atoms with Crippen LogP contribution in [0.15, 0.2) is 22.7 Å². The van der Waals surface area contributed by atoms with Crippen molar-refractivity contribution >= 4 is 15.9 Å². The molecule has 0 aliphatic rings. The molecule has 3 heteroatoms. The lowest BCUT2D eigenvalue weighted by Crippen LogP contribution is -2.28. The quantitative estimate of drug-likeness (QED) is 0.299. The molecule has 0 saturated heterocycles. The zero-order chi connectivity index (χ0) is 15.5. The lowest BCUT2D eigenvalue weighted by molar-refractivity contribution is 0.473. The number of hydrogen-bond donors (Lipinski definition) is 2. The molecular weight excluding hydrogens is 324 g/mol. The number of nitrogens with two attached hydrogens (primary N) is 1. The van der Waals surface area contributed by atoms with Gasteiger partial charge in [0.05, 0.1) is 0 Å².